The Labute approximate surface area is 110 Å². The van der Waals surface area contributed by atoms with Gasteiger partial charge in [0.25, 0.3) is 0 Å². The summed E-state index contributed by atoms with van der Waals surface area (Å²) in [6, 6.07) is 10.7. The van der Waals surface area contributed by atoms with Crippen molar-refractivity contribution in [3.8, 4) is 0 Å². The zero-order chi connectivity index (χ0) is 13.0. The van der Waals surface area contributed by atoms with Gasteiger partial charge in [0.05, 0.1) is 5.92 Å². The van der Waals surface area contributed by atoms with Gasteiger partial charge in [-0.3, -0.25) is 0 Å². The topological polar surface area (TPSA) is 24.7 Å². The van der Waals surface area contributed by atoms with Crippen LogP contribution in [0, 0.1) is 23.9 Å². The van der Waals surface area contributed by atoms with Gasteiger partial charge in [0, 0.05) is 0 Å². The third-order valence-corrected chi connectivity index (χ3v) is 3.70. The molecule has 1 aliphatic heterocycles. The highest BCUT2D eigenvalue weighted by Gasteiger charge is 2.33. The van der Waals surface area contributed by atoms with Crippen LogP contribution >= 0.6 is 0 Å². The summed E-state index contributed by atoms with van der Waals surface area (Å²) in [5.41, 5.74) is 1.40. The first kappa shape index (κ1) is 12.9. The number of nitrogens with zero attached hydrogens (tertiary/aromatic N) is 2. The van der Waals surface area contributed by atoms with Crippen molar-refractivity contribution in [2.45, 2.75) is 27.2 Å². The fourth-order valence-corrected chi connectivity index (χ4v) is 2.56. The van der Waals surface area contributed by atoms with Crippen molar-refractivity contribution in [3.05, 3.63) is 42.1 Å². The average Bonchev–Trinajstić information content (AvgIpc) is 2.90. The first-order valence-corrected chi connectivity index (χ1v) is 6.66. The molecule has 2 unspecified atom stereocenters. The van der Waals surface area contributed by atoms with E-state index < -0.39 is 0 Å². The normalized spacial score (nSPS) is 17.4. The summed E-state index contributed by atoms with van der Waals surface area (Å²) in [4.78, 5) is 8.70. The lowest BCUT2D eigenvalue weighted by atomic mass is 9.79. The van der Waals surface area contributed by atoms with Crippen molar-refractivity contribution in [2.24, 2.45) is 27.7 Å². The van der Waals surface area contributed by atoms with E-state index in [1.54, 1.807) is 12.4 Å². The number of aliphatic imine (C=N–C) groups is 2. The van der Waals surface area contributed by atoms with Crippen molar-refractivity contribution in [3.63, 3.8) is 0 Å². The molecular formula is C16H21N2+. The van der Waals surface area contributed by atoms with Gasteiger partial charge < -0.3 is 0 Å². The lowest BCUT2D eigenvalue weighted by molar-refractivity contribution is 0.275. The molecular weight excluding hydrogens is 220 g/mol. The molecule has 0 saturated heterocycles. The Bertz CT molecular complexity index is 408. The minimum absolute atomic E-state index is 0.403. The molecule has 18 heavy (non-hydrogen) atoms. The summed E-state index contributed by atoms with van der Waals surface area (Å²) in [6.07, 6.45) is 5.63. The molecule has 1 aliphatic rings. The maximum atomic E-state index is 4.35. The minimum Gasteiger partial charge on any atom is -0.0965 e. The molecule has 2 heteroatoms. The Kier molecular flexibility index (Phi) is 4.19. The molecule has 0 fully saturated rings. The van der Waals surface area contributed by atoms with Gasteiger partial charge in [0.1, 0.15) is 0 Å². The van der Waals surface area contributed by atoms with E-state index in [1.165, 1.54) is 5.56 Å². The first-order valence-electron chi connectivity index (χ1n) is 6.66. The van der Waals surface area contributed by atoms with E-state index in [0.717, 1.165) is 12.6 Å². The molecule has 1 aromatic rings. The standard InChI is InChI=1S/C16H21N2/c1-12(2)15(11-14-7-5-4-6-8-14)13(3)16-17-9-10-18-16/h4-10,12-13,15H,11H2,1-3H3/q+1. The predicted octanol–water partition coefficient (Wildman–Crippen LogP) is 3.78. The van der Waals surface area contributed by atoms with Crippen LogP contribution in [-0.4, -0.2) is 12.4 Å². The highest BCUT2D eigenvalue weighted by molar-refractivity contribution is 6.18. The fourth-order valence-electron chi connectivity index (χ4n) is 2.56. The lowest BCUT2D eigenvalue weighted by Gasteiger charge is -2.25. The van der Waals surface area contributed by atoms with Gasteiger partial charge in [0.2, 0.25) is 6.17 Å². The second-order valence-corrected chi connectivity index (χ2v) is 5.30. The van der Waals surface area contributed by atoms with Crippen LogP contribution < -0.4 is 0 Å². The van der Waals surface area contributed by atoms with Crippen LogP contribution in [0.4, 0.5) is 0 Å². The Morgan fingerprint density at radius 2 is 1.61 bits per heavy atom. The van der Waals surface area contributed by atoms with Gasteiger partial charge in [-0.25, -0.2) is 0 Å². The van der Waals surface area contributed by atoms with E-state index in [-0.39, 0.29) is 0 Å². The summed E-state index contributed by atoms with van der Waals surface area (Å²) in [7, 11) is 0. The van der Waals surface area contributed by atoms with Crippen molar-refractivity contribution >= 4 is 12.4 Å². The van der Waals surface area contributed by atoms with Gasteiger partial charge in [-0.05, 0) is 30.7 Å². The summed E-state index contributed by atoms with van der Waals surface area (Å²) in [5, 5.41) is 0. The third kappa shape index (κ3) is 3.00. The van der Waals surface area contributed by atoms with E-state index in [9.17, 15) is 0 Å². The molecule has 2 rings (SSSR count). The molecule has 0 amide bonds. The highest BCUT2D eigenvalue weighted by atomic mass is 15.0. The maximum absolute atomic E-state index is 4.35. The molecule has 1 heterocycles. The van der Waals surface area contributed by atoms with Gasteiger partial charge in [-0.15, -0.1) is 0 Å². The summed E-state index contributed by atoms with van der Waals surface area (Å²) >= 11 is 0. The average molecular weight is 241 g/mol. The molecule has 0 aromatic heterocycles. The molecule has 0 N–H and O–H groups in total. The molecule has 2 atom stereocenters. The zero-order valence-electron chi connectivity index (χ0n) is 11.4. The smallest absolute Gasteiger partial charge is 0.0965 e. The molecule has 2 nitrogen and oxygen atoms in total. The van der Waals surface area contributed by atoms with E-state index in [0.29, 0.717) is 17.8 Å². The number of hydrogen-bond acceptors (Lipinski definition) is 2. The second-order valence-electron chi connectivity index (χ2n) is 5.30. The number of benzene rings is 1. The molecule has 1 aromatic carbocycles. The van der Waals surface area contributed by atoms with Crippen molar-refractivity contribution in [1.82, 2.24) is 0 Å². The molecule has 0 radical (unpaired) electrons. The number of rotatable bonds is 5. The largest absolute Gasteiger partial charge is 0.243 e. The summed E-state index contributed by atoms with van der Waals surface area (Å²) < 4.78 is 0. The molecule has 94 valence electrons. The van der Waals surface area contributed by atoms with Crippen LogP contribution in [0.1, 0.15) is 26.3 Å². The molecule has 0 bridgehead atoms. The first-order chi connectivity index (χ1) is 8.68. The van der Waals surface area contributed by atoms with E-state index in [4.69, 9.17) is 0 Å². The van der Waals surface area contributed by atoms with Gasteiger partial charge in [-0.2, -0.15) is 0 Å². The van der Waals surface area contributed by atoms with Gasteiger partial charge in [-0.1, -0.05) is 54.2 Å². The molecule has 0 spiro atoms. The lowest BCUT2D eigenvalue weighted by Crippen LogP contribution is -2.23. The second kappa shape index (κ2) is 5.85. The minimum atomic E-state index is 0.403. The highest BCUT2D eigenvalue weighted by Crippen LogP contribution is 2.33. The predicted molar refractivity (Wildman–Crippen MR) is 77.9 cm³/mol. The Balaban J connectivity index is 2.08. The number of hydrogen-bond donors (Lipinski definition) is 0. The van der Waals surface area contributed by atoms with E-state index in [1.807, 2.05) is 0 Å². The third-order valence-electron chi connectivity index (χ3n) is 3.70. The van der Waals surface area contributed by atoms with Crippen LogP contribution in [0.15, 0.2) is 40.3 Å². The molecule has 0 aliphatic carbocycles. The SMILES string of the molecule is CC(C)C(Cc1ccccc1)C(C)[C+]1N=CC=N1. The van der Waals surface area contributed by atoms with Crippen LogP contribution in [0.5, 0.6) is 0 Å². The maximum Gasteiger partial charge on any atom is 0.243 e. The van der Waals surface area contributed by atoms with Crippen molar-refractivity contribution in [2.75, 3.05) is 0 Å². The van der Waals surface area contributed by atoms with Crippen LogP contribution in [0.3, 0.4) is 0 Å². The molecule has 0 saturated carbocycles. The van der Waals surface area contributed by atoms with Gasteiger partial charge in [0.15, 0.2) is 12.4 Å². The zero-order valence-corrected chi connectivity index (χ0v) is 11.4. The Morgan fingerprint density at radius 1 is 1.00 bits per heavy atom. The van der Waals surface area contributed by atoms with Crippen molar-refractivity contribution in [1.29, 1.82) is 0 Å². The van der Waals surface area contributed by atoms with Crippen molar-refractivity contribution < 1.29 is 0 Å². The Hall–Kier alpha value is -1.57. The summed E-state index contributed by atoms with van der Waals surface area (Å²) in [5.74, 6) is 1.61. The monoisotopic (exact) mass is 241 g/mol. The summed E-state index contributed by atoms with van der Waals surface area (Å²) in [6.45, 7) is 6.81. The van der Waals surface area contributed by atoms with Crippen LogP contribution in [-0.2, 0) is 6.42 Å². The van der Waals surface area contributed by atoms with Crippen LogP contribution in [0.25, 0.3) is 0 Å². The Morgan fingerprint density at radius 3 is 2.17 bits per heavy atom. The van der Waals surface area contributed by atoms with E-state index in [2.05, 4.69) is 61.1 Å². The van der Waals surface area contributed by atoms with Gasteiger partial charge >= 0.3 is 0 Å². The fraction of sp³-hybridized carbons (Fsp3) is 0.438. The quantitative estimate of drug-likeness (QED) is 0.701. The van der Waals surface area contributed by atoms with E-state index >= 15 is 0 Å². The van der Waals surface area contributed by atoms with Crippen LogP contribution in [0.2, 0.25) is 0 Å².